The van der Waals surface area contributed by atoms with Crippen molar-refractivity contribution in [2.24, 2.45) is 0 Å². The lowest BCUT2D eigenvalue weighted by Crippen LogP contribution is -1.95. The number of benzene rings is 1. The second-order valence-electron chi connectivity index (χ2n) is 2.80. The maximum absolute atomic E-state index is 9.35. The van der Waals surface area contributed by atoms with Gasteiger partial charge >= 0.3 is 0 Å². The molecule has 12 heavy (non-hydrogen) atoms. The number of rotatable bonds is 2. The number of phenolic OH excluding ortho intramolecular Hbond substituents is 1. The summed E-state index contributed by atoms with van der Waals surface area (Å²) >= 11 is 0. The molecule has 3 nitrogen and oxygen atoms in total. The summed E-state index contributed by atoms with van der Waals surface area (Å²) in [6.07, 6.45) is 0.526. The summed E-state index contributed by atoms with van der Waals surface area (Å²) in [4.78, 5) is 0. The van der Waals surface area contributed by atoms with Gasteiger partial charge in [-0.2, -0.15) is 0 Å². The first-order valence-corrected chi connectivity index (χ1v) is 3.84. The van der Waals surface area contributed by atoms with Crippen molar-refractivity contribution in [2.45, 2.75) is 13.3 Å². The molecule has 4 N–H and O–H groups in total. The van der Waals surface area contributed by atoms with Crippen molar-refractivity contribution >= 4 is 5.69 Å². The standard InChI is InChI=1S/C9H13NO2/c1-6-8(10)4-7(2-3-11)5-9(6)12/h4-5,11-12H,2-3,10H2,1H3. The van der Waals surface area contributed by atoms with E-state index in [1.807, 2.05) is 0 Å². The molecule has 0 amide bonds. The molecule has 1 aromatic rings. The van der Waals surface area contributed by atoms with Gasteiger partial charge in [0.25, 0.3) is 0 Å². The summed E-state index contributed by atoms with van der Waals surface area (Å²) in [7, 11) is 0. The lowest BCUT2D eigenvalue weighted by molar-refractivity contribution is 0.299. The number of hydrogen-bond acceptors (Lipinski definition) is 3. The topological polar surface area (TPSA) is 66.5 Å². The Morgan fingerprint density at radius 1 is 1.42 bits per heavy atom. The summed E-state index contributed by atoms with van der Waals surface area (Å²) in [6.45, 7) is 1.83. The highest BCUT2D eigenvalue weighted by molar-refractivity contribution is 5.55. The highest BCUT2D eigenvalue weighted by Crippen LogP contribution is 2.24. The van der Waals surface area contributed by atoms with Crippen LogP contribution in [0.3, 0.4) is 0 Å². The minimum Gasteiger partial charge on any atom is -0.508 e. The molecular weight excluding hydrogens is 154 g/mol. The van der Waals surface area contributed by atoms with E-state index < -0.39 is 0 Å². The van der Waals surface area contributed by atoms with Gasteiger partial charge in [-0.3, -0.25) is 0 Å². The van der Waals surface area contributed by atoms with Crippen LogP contribution >= 0.6 is 0 Å². The number of anilines is 1. The molecule has 1 rings (SSSR count). The highest BCUT2D eigenvalue weighted by Gasteiger charge is 2.02. The summed E-state index contributed by atoms with van der Waals surface area (Å²) in [6, 6.07) is 3.40. The van der Waals surface area contributed by atoms with Gasteiger partial charge in [-0.1, -0.05) is 0 Å². The number of hydrogen-bond donors (Lipinski definition) is 3. The van der Waals surface area contributed by atoms with Gasteiger partial charge in [0.1, 0.15) is 5.75 Å². The summed E-state index contributed by atoms with van der Waals surface area (Å²) in [5.41, 5.74) is 7.73. The van der Waals surface area contributed by atoms with Gasteiger partial charge in [-0.25, -0.2) is 0 Å². The molecule has 0 bridgehead atoms. The molecule has 0 heterocycles. The zero-order valence-corrected chi connectivity index (χ0v) is 7.04. The molecule has 0 unspecified atom stereocenters. The van der Waals surface area contributed by atoms with Crippen LogP contribution in [-0.4, -0.2) is 16.8 Å². The molecule has 0 spiro atoms. The monoisotopic (exact) mass is 167 g/mol. The number of phenols is 1. The molecule has 0 aromatic heterocycles. The molecule has 0 radical (unpaired) electrons. The summed E-state index contributed by atoms with van der Waals surface area (Å²) < 4.78 is 0. The maximum atomic E-state index is 9.35. The Morgan fingerprint density at radius 2 is 2.08 bits per heavy atom. The minimum absolute atomic E-state index is 0.0714. The van der Waals surface area contributed by atoms with E-state index in [4.69, 9.17) is 10.8 Å². The smallest absolute Gasteiger partial charge is 0.120 e. The lowest BCUT2D eigenvalue weighted by Gasteiger charge is -2.06. The molecule has 0 fully saturated rings. The third-order valence-electron chi connectivity index (χ3n) is 1.88. The van der Waals surface area contributed by atoms with E-state index in [0.29, 0.717) is 17.7 Å². The van der Waals surface area contributed by atoms with Crippen LogP contribution in [0.2, 0.25) is 0 Å². The fourth-order valence-corrected chi connectivity index (χ4v) is 1.05. The Balaban J connectivity index is 3.04. The van der Waals surface area contributed by atoms with Crippen molar-refractivity contribution in [3.8, 4) is 5.75 Å². The van der Waals surface area contributed by atoms with Crippen molar-refractivity contribution in [2.75, 3.05) is 12.3 Å². The average Bonchev–Trinajstić information content (AvgIpc) is 2.01. The second-order valence-corrected chi connectivity index (χ2v) is 2.80. The molecular formula is C9H13NO2. The minimum atomic E-state index is 0.0714. The zero-order chi connectivity index (χ0) is 9.14. The molecule has 0 aliphatic heterocycles. The quantitative estimate of drug-likeness (QED) is 0.571. The normalized spacial score (nSPS) is 10.2. The Morgan fingerprint density at radius 3 is 2.58 bits per heavy atom. The Kier molecular flexibility index (Phi) is 2.55. The van der Waals surface area contributed by atoms with Crippen LogP contribution in [0.25, 0.3) is 0 Å². The van der Waals surface area contributed by atoms with E-state index in [2.05, 4.69) is 0 Å². The van der Waals surface area contributed by atoms with Gasteiger partial charge in [0.2, 0.25) is 0 Å². The van der Waals surface area contributed by atoms with Gasteiger partial charge in [0.05, 0.1) is 0 Å². The van der Waals surface area contributed by atoms with Crippen LogP contribution in [0.15, 0.2) is 12.1 Å². The van der Waals surface area contributed by atoms with Crippen molar-refractivity contribution in [1.82, 2.24) is 0 Å². The highest BCUT2D eigenvalue weighted by atomic mass is 16.3. The van der Waals surface area contributed by atoms with Crippen molar-refractivity contribution in [3.63, 3.8) is 0 Å². The third kappa shape index (κ3) is 1.68. The largest absolute Gasteiger partial charge is 0.508 e. The number of aromatic hydroxyl groups is 1. The number of aliphatic hydroxyl groups excluding tert-OH is 1. The van der Waals surface area contributed by atoms with E-state index >= 15 is 0 Å². The van der Waals surface area contributed by atoms with Crippen LogP contribution in [0.1, 0.15) is 11.1 Å². The van der Waals surface area contributed by atoms with Gasteiger partial charge in [-0.15, -0.1) is 0 Å². The first-order chi connectivity index (χ1) is 5.65. The van der Waals surface area contributed by atoms with E-state index in [9.17, 15) is 5.11 Å². The van der Waals surface area contributed by atoms with E-state index in [1.165, 1.54) is 0 Å². The molecule has 0 aliphatic rings. The first kappa shape index (κ1) is 8.87. The molecule has 0 atom stereocenters. The van der Waals surface area contributed by atoms with Gasteiger partial charge < -0.3 is 15.9 Å². The van der Waals surface area contributed by atoms with E-state index in [1.54, 1.807) is 19.1 Å². The fourth-order valence-electron chi connectivity index (χ4n) is 1.05. The summed E-state index contributed by atoms with van der Waals surface area (Å²) in [5, 5.41) is 18.0. The maximum Gasteiger partial charge on any atom is 0.120 e. The van der Waals surface area contributed by atoms with Crippen molar-refractivity contribution in [3.05, 3.63) is 23.3 Å². The van der Waals surface area contributed by atoms with Gasteiger partial charge in [0, 0.05) is 17.9 Å². The predicted molar refractivity (Wildman–Crippen MR) is 48.0 cm³/mol. The Bertz CT molecular complexity index is 261. The molecule has 0 saturated heterocycles. The fraction of sp³-hybridized carbons (Fsp3) is 0.333. The van der Waals surface area contributed by atoms with Crippen molar-refractivity contribution < 1.29 is 10.2 Å². The van der Waals surface area contributed by atoms with Crippen LogP contribution in [0.5, 0.6) is 5.75 Å². The van der Waals surface area contributed by atoms with E-state index in [-0.39, 0.29) is 12.4 Å². The molecule has 66 valence electrons. The third-order valence-corrected chi connectivity index (χ3v) is 1.88. The zero-order valence-electron chi connectivity index (χ0n) is 7.04. The lowest BCUT2D eigenvalue weighted by atomic mass is 10.1. The Labute approximate surface area is 71.5 Å². The Hall–Kier alpha value is -1.22. The number of nitrogens with two attached hydrogens (primary N) is 1. The average molecular weight is 167 g/mol. The molecule has 0 saturated carbocycles. The molecule has 0 aliphatic carbocycles. The molecule has 3 heteroatoms. The van der Waals surface area contributed by atoms with Gasteiger partial charge in [-0.05, 0) is 31.0 Å². The van der Waals surface area contributed by atoms with Crippen LogP contribution in [-0.2, 0) is 6.42 Å². The van der Waals surface area contributed by atoms with Crippen molar-refractivity contribution in [1.29, 1.82) is 0 Å². The summed E-state index contributed by atoms with van der Waals surface area (Å²) in [5.74, 6) is 0.193. The van der Waals surface area contributed by atoms with Crippen LogP contribution < -0.4 is 5.73 Å². The van der Waals surface area contributed by atoms with Gasteiger partial charge in [0.15, 0.2) is 0 Å². The first-order valence-electron chi connectivity index (χ1n) is 3.84. The SMILES string of the molecule is Cc1c(N)cc(CCO)cc1O. The van der Waals surface area contributed by atoms with Crippen LogP contribution in [0, 0.1) is 6.92 Å². The van der Waals surface area contributed by atoms with Crippen LogP contribution in [0.4, 0.5) is 5.69 Å². The second kappa shape index (κ2) is 3.45. The predicted octanol–water partition coefficient (Wildman–Crippen LogP) is 0.818. The molecule has 1 aromatic carbocycles. The van der Waals surface area contributed by atoms with E-state index in [0.717, 1.165) is 5.56 Å². The number of aliphatic hydroxyl groups is 1. The number of nitrogen functional groups attached to an aromatic ring is 1.